The summed E-state index contributed by atoms with van der Waals surface area (Å²) in [6.45, 7) is 11.2. The number of anilines is 1. The smallest absolute Gasteiger partial charge is 0.0703 e. The molecule has 3 heteroatoms. The van der Waals surface area contributed by atoms with Crippen molar-refractivity contribution < 1.29 is 0 Å². The minimum Gasteiger partial charge on any atom is -0.364 e. The monoisotopic (exact) mass is 283 g/mol. The normalized spacial score (nSPS) is 22.0. The Labute approximate surface area is 127 Å². The maximum absolute atomic E-state index is 4.64. The molecule has 1 saturated heterocycles. The van der Waals surface area contributed by atoms with Crippen molar-refractivity contribution in [1.29, 1.82) is 0 Å². The SMILES string of the molecule is CC(C)C1CNC(C)(C)CN1c1cnc2ccccc2c1. The van der Waals surface area contributed by atoms with E-state index in [9.17, 15) is 0 Å². The first-order chi connectivity index (χ1) is 9.96. The van der Waals surface area contributed by atoms with Crippen molar-refractivity contribution in [2.45, 2.75) is 39.3 Å². The zero-order valence-electron chi connectivity index (χ0n) is 13.4. The Morgan fingerprint density at radius 2 is 2.05 bits per heavy atom. The molecule has 1 N–H and O–H groups in total. The first kappa shape index (κ1) is 14.3. The van der Waals surface area contributed by atoms with Crippen LogP contribution >= 0.6 is 0 Å². The lowest BCUT2D eigenvalue weighted by atomic mass is 9.92. The fourth-order valence-electron chi connectivity index (χ4n) is 3.18. The summed E-state index contributed by atoms with van der Waals surface area (Å²) in [5.74, 6) is 0.611. The third kappa shape index (κ3) is 2.88. The average molecular weight is 283 g/mol. The van der Waals surface area contributed by atoms with E-state index in [0.29, 0.717) is 12.0 Å². The summed E-state index contributed by atoms with van der Waals surface area (Å²) in [5.41, 5.74) is 2.44. The zero-order valence-corrected chi connectivity index (χ0v) is 13.4. The van der Waals surface area contributed by atoms with Crippen LogP contribution in [0.1, 0.15) is 27.7 Å². The van der Waals surface area contributed by atoms with Gasteiger partial charge in [-0.05, 0) is 31.9 Å². The van der Waals surface area contributed by atoms with Crippen LogP contribution in [-0.4, -0.2) is 29.7 Å². The van der Waals surface area contributed by atoms with Gasteiger partial charge in [-0.1, -0.05) is 32.0 Å². The molecule has 0 aliphatic carbocycles. The van der Waals surface area contributed by atoms with E-state index < -0.39 is 0 Å². The lowest BCUT2D eigenvalue weighted by Gasteiger charge is -2.47. The van der Waals surface area contributed by atoms with Gasteiger partial charge in [-0.15, -0.1) is 0 Å². The maximum Gasteiger partial charge on any atom is 0.0703 e. The molecule has 1 aliphatic rings. The number of hydrogen-bond donors (Lipinski definition) is 1. The number of fused-ring (bicyclic) bond motifs is 1. The molecule has 0 spiro atoms. The Bertz CT molecular complexity index is 633. The number of aromatic nitrogens is 1. The summed E-state index contributed by atoms with van der Waals surface area (Å²) < 4.78 is 0. The molecule has 0 saturated carbocycles. The van der Waals surface area contributed by atoms with E-state index in [1.807, 2.05) is 12.3 Å². The number of benzene rings is 1. The molecule has 2 aromatic rings. The highest BCUT2D eigenvalue weighted by molar-refractivity contribution is 5.81. The maximum atomic E-state index is 4.64. The topological polar surface area (TPSA) is 28.2 Å². The van der Waals surface area contributed by atoms with Gasteiger partial charge in [-0.2, -0.15) is 0 Å². The summed E-state index contributed by atoms with van der Waals surface area (Å²) in [5, 5.41) is 4.88. The van der Waals surface area contributed by atoms with Gasteiger partial charge >= 0.3 is 0 Å². The zero-order chi connectivity index (χ0) is 15.0. The summed E-state index contributed by atoms with van der Waals surface area (Å²) in [7, 11) is 0. The highest BCUT2D eigenvalue weighted by Gasteiger charge is 2.34. The highest BCUT2D eigenvalue weighted by atomic mass is 15.3. The van der Waals surface area contributed by atoms with Crippen LogP contribution < -0.4 is 10.2 Å². The summed E-state index contributed by atoms with van der Waals surface area (Å²) in [6, 6.07) is 11.1. The first-order valence-electron chi connectivity index (χ1n) is 7.83. The lowest BCUT2D eigenvalue weighted by molar-refractivity contribution is 0.277. The molecule has 21 heavy (non-hydrogen) atoms. The Hall–Kier alpha value is -1.61. The molecule has 1 fully saturated rings. The number of hydrogen-bond acceptors (Lipinski definition) is 3. The molecular weight excluding hydrogens is 258 g/mol. The van der Waals surface area contributed by atoms with Crippen molar-refractivity contribution in [1.82, 2.24) is 10.3 Å². The number of piperazine rings is 1. The van der Waals surface area contributed by atoms with Gasteiger partial charge in [0, 0.05) is 30.1 Å². The second-order valence-electron chi connectivity index (χ2n) is 7.09. The molecule has 0 amide bonds. The van der Waals surface area contributed by atoms with Crippen LogP contribution in [0.4, 0.5) is 5.69 Å². The molecule has 112 valence electrons. The van der Waals surface area contributed by atoms with Gasteiger partial charge in [0.05, 0.1) is 17.4 Å². The number of nitrogens with zero attached hydrogens (tertiary/aromatic N) is 2. The van der Waals surface area contributed by atoms with E-state index in [1.54, 1.807) is 0 Å². The van der Waals surface area contributed by atoms with Gasteiger partial charge in [0.2, 0.25) is 0 Å². The molecule has 3 nitrogen and oxygen atoms in total. The van der Waals surface area contributed by atoms with E-state index in [-0.39, 0.29) is 5.54 Å². The molecule has 1 aromatic carbocycles. The Kier molecular flexibility index (Phi) is 3.62. The Morgan fingerprint density at radius 3 is 2.81 bits per heavy atom. The highest BCUT2D eigenvalue weighted by Crippen LogP contribution is 2.28. The van der Waals surface area contributed by atoms with Crippen LogP contribution in [0.3, 0.4) is 0 Å². The van der Waals surface area contributed by atoms with Crippen molar-refractivity contribution >= 4 is 16.6 Å². The Balaban J connectivity index is 2.00. The predicted octanol–water partition coefficient (Wildman–Crippen LogP) is 3.45. The van der Waals surface area contributed by atoms with Crippen LogP contribution in [-0.2, 0) is 0 Å². The van der Waals surface area contributed by atoms with Gasteiger partial charge in [0.15, 0.2) is 0 Å². The van der Waals surface area contributed by atoms with Crippen molar-refractivity contribution in [3.8, 4) is 0 Å². The quantitative estimate of drug-likeness (QED) is 0.915. The van der Waals surface area contributed by atoms with Crippen molar-refractivity contribution in [2.24, 2.45) is 5.92 Å². The third-order valence-corrected chi connectivity index (χ3v) is 4.43. The molecule has 2 heterocycles. The van der Waals surface area contributed by atoms with Gasteiger partial charge in [0.25, 0.3) is 0 Å². The Morgan fingerprint density at radius 1 is 1.29 bits per heavy atom. The van der Waals surface area contributed by atoms with E-state index in [1.165, 1.54) is 11.1 Å². The second kappa shape index (κ2) is 5.30. The standard InChI is InChI=1S/C18H25N3/c1-13(2)17-11-20-18(3,4)12-21(17)15-9-14-7-5-6-8-16(14)19-10-15/h5-10,13,17,20H,11-12H2,1-4H3. The first-order valence-corrected chi connectivity index (χ1v) is 7.83. The van der Waals surface area contributed by atoms with Gasteiger partial charge in [0.1, 0.15) is 0 Å². The van der Waals surface area contributed by atoms with E-state index in [2.05, 4.69) is 67.2 Å². The van der Waals surface area contributed by atoms with Crippen LogP contribution in [0.15, 0.2) is 36.5 Å². The molecule has 1 aromatic heterocycles. The number of pyridine rings is 1. The van der Waals surface area contributed by atoms with Gasteiger partial charge in [-0.3, -0.25) is 4.98 Å². The molecule has 1 aliphatic heterocycles. The van der Waals surface area contributed by atoms with Crippen LogP contribution in [0.25, 0.3) is 10.9 Å². The fraction of sp³-hybridized carbons (Fsp3) is 0.500. The third-order valence-electron chi connectivity index (χ3n) is 4.43. The molecule has 0 radical (unpaired) electrons. The van der Waals surface area contributed by atoms with Crippen LogP contribution in [0.5, 0.6) is 0 Å². The van der Waals surface area contributed by atoms with Crippen LogP contribution in [0.2, 0.25) is 0 Å². The largest absolute Gasteiger partial charge is 0.364 e. The molecule has 3 rings (SSSR count). The molecular formula is C18H25N3. The van der Waals surface area contributed by atoms with Crippen molar-refractivity contribution in [3.63, 3.8) is 0 Å². The molecule has 0 bridgehead atoms. The minimum atomic E-state index is 0.136. The lowest BCUT2D eigenvalue weighted by Crippen LogP contribution is -2.63. The second-order valence-corrected chi connectivity index (χ2v) is 7.09. The minimum absolute atomic E-state index is 0.136. The van der Waals surface area contributed by atoms with Crippen LogP contribution in [0, 0.1) is 5.92 Å². The van der Waals surface area contributed by atoms with Gasteiger partial charge in [-0.25, -0.2) is 0 Å². The van der Waals surface area contributed by atoms with E-state index in [0.717, 1.165) is 18.6 Å². The summed E-state index contributed by atoms with van der Waals surface area (Å²) in [4.78, 5) is 7.16. The van der Waals surface area contributed by atoms with Crippen molar-refractivity contribution in [2.75, 3.05) is 18.0 Å². The summed E-state index contributed by atoms with van der Waals surface area (Å²) in [6.07, 6.45) is 2.03. The average Bonchev–Trinajstić information content (AvgIpc) is 2.45. The molecule has 1 atom stereocenters. The van der Waals surface area contributed by atoms with E-state index >= 15 is 0 Å². The number of rotatable bonds is 2. The number of para-hydroxylation sites is 1. The molecule has 1 unspecified atom stereocenters. The van der Waals surface area contributed by atoms with Gasteiger partial charge < -0.3 is 10.2 Å². The predicted molar refractivity (Wildman–Crippen MR) is 89.8 cm³/mol. The summed E-state index contributed by atoms with van der Waals surface area (Å²) >= 11 is 0. The fourth-order valence-corrected chi connectivity index (χ4v) is 3.18. The van der Waals surface area contributed by atoms with E-state index in [4.69, 9.17) is 0 Å². The number of nitrogens with one attached hydrogen (secondary N) is 1. The van der Waals surface area contributed by atoms with Crippen molar-refractivity contribution in [3.05, 3.63) is 36.5 Å².